The van der Waals surface area contributed by atoms with Crippen molar-refractivity contribution in [3.63, 3.8) is 0 Å². The van der Waals surface area contributed by atoms with Gasteiger partial charge in [0.2, 0.25) is 0 Å². The van der Waals surface area contributed by atoms with Crippen molar-refractivity contribution in [3.05, 3.63) is 35.4 Å². The lowest BCUT2D eigenvalue weighted by Crippen LogP contribution is -2.41. The monoisotopic (exact) mass is 301 g/mol. The fraction of sp³-hybridized carbons (Fsp3) is 0.308. The van der Waals surface area contributed by atoms with Crippen molar-refractivity contribution in [3.8, 4) is 0 Å². The van der Waals surface area contributed by atoms with E-state index in [1.807, 2.05) is 0 Å². The minimum atomic E-state index is -1.39. The van der Waals surface area contributed by atoms with E-state index in [4.69, 9.17) is 5.11 Å². The van der Waals surface area contributed by atoms with E-state index in [9.17, 15) is 23.2 Å². The number of nitrogens with one attached hydrogen (secondary N) is 1. The van der Waals surface area contributed by atoms with Gasteiger partial charge in [0, 0.05) is 12.5 Å². The largest absolute Gasteiger partial charge is 0.480 e. The third kappa shape index (κ3) is 4.83. The zero-order valence-corrected chi connectivity index (χ0v) is 11.1. The number of benzene rings is 1. The van der Waals surface area contributed by atoms with Gasteiger partial charge >= 0.3 is 11.9 Å². The summed E-state index contributed by atoms with van der Waals surface area (Å²) in [6, 6.07) is 0.904. The molecule has 1 rings (SSSR count). The smallest absolute Gasteiger partial charge is 0.326 e. The van der Waals surface area contributed by atoms with Crippen LogP contribution in [0.3, 0.4) is 0 Å². The van der Waals surface area contributed by atoms with Crippen molar-refractivity contribution in [2.45, 2.75) is 18.9 Å². The van der Waals surface area contributed by atoms with Gasteiger partial charge in [-0.2, -0.15) is 0 Å². The molecule has 0 unspecified atom stereocenters. The number of ether oxygens (including phenoxy) is 1. The molecule has 0 saturated heterocycles. The highest BCUT2D eigenvalue weighted by molar-refractivity contribution is 5.96. The van der Waals surface area contributed by atoms with Crippen molar-refractivity contribution in [1.29, 1.82) is 0 Å². The number of halogens is 2. The summed E-state index contributed by atoms with van der Waals surface area (Å²) in [5, 5.41) is 11.0. The van der Waals surface area contributed by atoms with Crippen LogP contribution < -0.4 is 5.32 Å². The third-order valence-corrected chi connectivity index (χ3v) is 2.64. The Morgan fingerprint density at radius 2 is 2.00 bits per heavy atom. The Morgan fingerprint density at radius 3 is 2.52 bits per heavy atom. The van der Waals surface area contributed by atoms with Gasteiger partial charge in [-0.1, -0.05) is 0 Å². The van der Waals surface area contributed by atoms with Crippen LogP contribution in [0.2, 0.25) is 0 Å². The molecule has 0 aromatic heterocycles. The van der Waals surface area contributed by atoms with Gasteiger partial charge in [-0.15, -0.1) is 0 Å². The van der Waals surface area contributed by atoms with Crippen LogP contribution in [0.15, 0.2) is 18.2 Å². The van der Waals surface area contributed by atoms with Crippen LogP contribution in [-0.2, 0) is 14.3 Å². The second kappa shape index (κ2) is 7.32. The highest BCUT2D eigenvalue weighted by atomic mass is 19.1. The molecule has 0 bridgehead atoms. The van der Waals surface area contributed by atoms with E-state index in [0.29, 0.717) is 6.07 Å². The highest BCUT2D eigenvalue weighted by Crippen LogP contribution is 2.10. The van der Waals surface area contributed by atoms with Crippen LogP contribution in [0.4, 0.5) is 8.78 Å². The maximum atomic E-state index is 13.4. The molecule has 0 fully saturated rings. The number of hydrogen-bond acceptors (Lipinski definition) is 4. The Labute approximate surface area is 118 Å². The molecule has 6 nitrogen and oxygen atoms in total. The van der Waals surface area contributed by atoms with Crippen LogP contribution in [-0.4, -0.2) is 36.1 Å². The van der Waals surface area contributed by atoms with Gasteiger partial charge in [0.05, 0.1) is 12.7 Å². The van der Waals surface area contributed by atoms with Crippen LogP contribution in [0, 0.1) is 11.6 Å². The standard InChI is InChI=1S/C13H13F2NO5/c1-21-11(17)5-4-10(13(19)20)16-12(18)8-3-2-7(14)6-9(8)15/h2-3,6,10H,4-5H2,1H3,(H,16,18)(H,19,20)/t10-/m0/s1. The topological polar surface area (TPSA) is 92.7 Å². The average Bonchev–Trinajstić information content (AvgIpc) is 2.42. The van der Waals surface area contributed by atoms with Crippen molar-refractivity contribution < 1.29 is 33.0 Å². The Bertz CT molecular complexity index is 561. The first kappa shape index (κ1) is 16.5. The minimum Gasteiger partial charge on any atom is -0.480 e. The van der Waals surface area contributed by atoms with Crippen molar-refractivity contribution in [1.82, 2.24) is 5.32 Å². The molecule has 1 aromatic rings. The predicted molar refractivity (Wildman–Crippen MR) is 66.5 cm³/mol. The molecule has 0 saturated carbocycles. The lowest BCUT2D eigenvalue weighted by Gasteiger charge is -2.14. The first-order chi connectivity index (χ1) is 9.85. The first-order valence-electron chi connectivity index (χ1n) is 5.90. The Kier molecular flexibility index (Phi) is 5.77. The number of amides is 1. The molecule has 1 amide bonds. The summed E-state index contributed by atoms with van der Waals surface area (Å²) in [6.45, 7) is 0. The number of aliphatic carboxylic acids is 1. The molecule has 114 valence electrons. The summed E-state index contributed by atoms with van der Waals surface area (Å²) >= 11 is 0. The molecular formula is C13H13F2NO5. The third-order valence-electron chi connectivity index (χ3n) is 2.64. The van der Waals surface area contributed by atoms with Crippen LogP contribution in [0.25, 0.3) is 0 Å². The molecule has 0 heterocycles. The number of carboxylic acid groups (broad SMARTS) is 1. The maximum Gasteiger partial charge on any atom is 0.326 e. The summed E-state index contributed by atoms with van der Waals surface area (Å²) in [7, 11) is 1.14. The molecule has 0 radical (unpaired) electrons. The molecule has 1 atom stereocenters. The maximum absolute atomic E-state index is 13.4. The highest BCUT2D eigenvalue weighted by Gasteiger charge is 2.23. The molecule has 8 heteroatoms. The number of carboxylic acids is 1. The summed E-state index contributed by atoms with van der Waals surface area (Å²) in [5.41, 5.74) is -0.485. The fourth-order valence-electron chi connectivity index (χ4n) is 1.53. The lowest BCUT2D eigenvalue weighted by atomic mass is 10.1. The van der Waals surface area contributed by atoms with Gasteiger partial charge in [0.25, 0.3) is 5.91 Å². The molecule has 21 heavy (non-hydrogen) atoms. The normalized spacial score (nSPS) is 11.6. The Balaban J connectivity index is 2.76. The van der Waals surface area contributed by atoms with Crippen LogP contribution in [0.5, 0.6) is 0 Å². The van der Waals surface area contributed by atoms with E-state index in [2.05, 4.69) is 10.1 Å². The van der Waals surface area contributed by atoms with E-state index in [1.165, 1.54) is 0 Å². The number of esters is 1. The van der Waals surface area contributed by atoms with E-state index >= 15 is 0 Å². The zero-order chi connectivity index (χ0) is 16.0. The van der Waals surface area contributed by atoms with Gasteiger partial charge in [0.1, 0.15) is 17.7 Å². The number of carbonyl (C=O) groups excluding carboxylic acids is 2. The summed E-state index contributed by atoms with van der Waals surface area (Å²) in [4.78, 5) is 33.7. The van der Waals surface area contributed by atoms with Gasteiger partial charge in [-0.05, 0) is 18.6 Å². The minimum absolute atomic E-state index is 0.212. The Morgan fingerprint density at radius 1 is 1.33 bits per heavy atom. The van der Waals surface area contributed by atoms with Gasteiger partial charge in [-0.25, -0.2) is 13.6 Å². The summed E-state index contributed by atoms with van der Waals surface area (Å²) in [6.07, 6.45) is -0.434. The summed E-state index contributed by atoms with van der Waals surface area (Å²) in [5.74, 6) is -4.99. The molecule has 1 aromatic carbocycles. The van der Waals surface area contributed by atoms with Crippen molar-refractivity contribution in [2.24, 2.45) is 0 Å². The SMILES string of the molecule is COC(=O)CC[C@H](NC(=O)c1ccc(F)cc1F)C(=O)O. The van der Waals surface area contributed by atoms with E-state index < -0.39 is 41.1 Å². The van der Waals surface area contributed by atoms with E-state index in [1.54, 1.807) is 0 Å². The molecule has 0 aliphatic heterocycles. The van der Waals surface area contributed by atoms with Crippen LogP contribution in [0.1, 0.15) is 23.2 Å². The second-order valence-corrected chi connectivity index (χ2v) is 4.10. The van der Waals surface area contributed by atoms with Gasteiger partial charge < -0.3 is 15.2 Å². The molecule has 0 aliphatic rings. The van der Waals surface area contributed by atoms with E-state index in [0.717, 1.165) is 19.2 Å². The molecule has 0 aliphatic carbocycles. The number of rotatable bonds is 6. The van der Waals surface area contributed by atoms with Crippen molar-refractivity contribution >= 4 is 17.8 Å². The van der Waals surface area contributed by atoms with E-state index in [-0.39, 0.29) is 12.8 Å². The fourth-order valence-corrected chi connectivity index (χ4v) is 1.53. The molecule has 0 spiro atoms. The lowest BCUT2D eigenvalue weighted by molar-refractivity contribution is -0.142. The quantitative estimate of drug-likeness (QED) is 0.768. The predicted octanol–water partition coefficient (Wildman–Crippen LogP) is 1.10. The van der Waals surface area contributed by atoms with Crippen molar-refractivity contribution in [2.75, 3.05) is 7.11 Å². The number of hydrogen-bond donors (Lipinski definition) is 2. The van der Waals surface area contributed by atoms with Gasteiger partial charge in [-0.3, -0.25) is 9.59 Å². The van der Waals surface area contributed by atoms with Crippen LogP contribution >= 0.6 is 0 Å². The molecular weight excluding hydrogens is 288 g/mol. The second-order valence-electron chi connectivity index (χ2n) is 4.10. The Hall–Kier alpha value is -2.51. The zero-order valence-electron chi connectivity index (χ0n) is 11.1. The van der Waals surface area contributed by atoms with Gasteiger partial charge in [0.15, 0.2) is 0 Å². The first-order valence-corrected chi connectivity index (χ1v) is 5.90. The number of methoxy groups -OCH3 is 1. The number of carbonyl (C=O) groups is 3. The average molecular weight is 301 g/mol. The summed E-state index contributed by atoms with van der Waals surface area (Å²) < 4.78 is 30.5. The molecule has 2 N–H and O–H groups in total.